The molecule has 27 heavy (non-hydrogen) atoms. The molecule has 3 N–H and O–H groups in total. The van der Waals surface area contributed by atoms with Gasteiger partial charge in [0.1, 0.15) is 9.71 Å². The molecule has 1 saturated carbocycles. The van der Waals surface area contributed by atoms with Gasteiger partial charge in [0.2, 0.25) is 0 Å². The summed E-state index contributed by atoms with van der Waals surface area (Å²) in [5, 5.41) is 4.16. The number of aromatic nitrogens is 1. The molecule has 2 aliphatic rings. The van der Waals surface area contributed by atoms with Crippen molar-refractivity contribution in [2.24, 2.45) is 11.3 Å². The minimum Gasteiger partial charge on any atom is -0.397 e. The Bertz CT molecular complexity index is 859. The van der Waals surface area contributed by atoms with Crippen molar-refractivity contribution in [3.8, 4) is 0 Å². The van der Waals surface area contributed by atoms with Gasteiger partial charge in [-0.3, -0.25) is 4.79 Å². The van der Waals surface area contributed by atoms with Crippen LogP contribution in [-0.2, 0) is 12.8 Å². The van der Waals surface area contributed by atoms with E-state index in [1.807, 2.05) is 0 Å². The largest absolute Gasteiger partial charge is 0.397 e. The monoisotopic (exact) mass is 385 g/mol. The van der Waals surface area contributed by atoms with E-state index in [4.69, 9.17) is 10.7 Å². The number of hydrogen-bond acceptors (Lipinski definition) is 4. The molecule has 1 atom stereocenters. The smallest absolute Gasteiger partial charge is 0.263 e. The molecule has 2 heterocycles. The van der Waals surface area contributed by atoms with Crippen LogP contribution in [0, 0.1) is 11.3 Å². The van der Waals surface area contributed by atoms with Crippen LogP contribution in [0.3, 0.4) is 0 Å². The molecule has 2 aromatic heterocycles. The van der Waals surface area contributed by atoms with Crippen molar-refractivity contribution in [1.29, 1.82) is 0 Å². The highest BCUT2D eigenvalue weighted by Crippen LogP contribution is 2.40. The van der Waals surface area contributed by atoms with Crippen LogP contribution < -0.4 is 11.1 Å². The number of fused-ring (bicyclic) bond motifs is 2. The molecular formula is C22H31N3OS. The summed E-state index contributed by atoms with van der Waals surface area (Å²) < 4.78 is 0. The maximum Gasteiger partial charge on any atom is 0.263 e. The van der Waals surface area contributed by atoms with Crippen LogP contribution in [0.4, 0.5) is 5.69 Å². The SMILES string of the molecule is CC(C)(C)C1CCc2nc3sc(C(=O)NC4CCCCC4)c(N)c3cc2C1. The van der Waals surface area contributed by atoms with E-state index >= 15 is 0 Å². The van der Waals surface area contributed by atoms with Gasteiger partial charge in [-0.15, -0.1) is 11.3 Å². The molecule has 1 amide bonds. The van der Waals surface area contributed by atoms with Gasteiger partial charge in [0, 0.05) is 17.1 Å². The maximum atomic E-state index is 12.8. The first-order valence-corrected chi connectivity index (χ1v) is 11.2. The van der Waals surface area contributed by atoms with Crippen molar-refractivity contribution < 1.29 is 4.79 Å². The molecule has 1 fully saturated rings. The number of carbonyl (C=O) groups excluding carboxylic acids is 1. The topological polar surface area (TPSA) is 68.0 Å². The maximum absolute atomic E-state index is 12.8. The fraction of sp³-hybridized carbons (Fsp3) is 0.636. The van der Waals surface area contributed by atoms with Gasteiger partial charge >= 0.3 is 0 Å². The first-order valence-electron chi connectivity index (χ1n) is 10.3. The predicted octanol–water partition coefficient (Wildman–Crippen LogP) is 5.09. The molecule has 5 heteroatoms. The van der Waals surface area contributed by atoms with E-state index in [0.29, 0.717) is 27.9 Å². The van der Waals surface area contributed by atoms with Crippen molar-refractivity contribution >= 4 is 33.1 Å². The molecule has 2 aliphatic carbocycles. The minimum absolute atomic E-state index is 0.0204. The van der Waals surface area contributed by atoms with Crippen LogP contribution in [0.1, 0.15) is 80.2 Å². The number of aryl methyl sites for hydroxylation is 1. The highest BCUT2D eigenvalue weighted by Gasteiger charge is 2.30. The summed E-state index contributed by atoms with van der Waals surface area (Å²) in [6.07, 6.45) is 9.11. The number of nitrogens with zero attached hydrogens (tertiary/aromatic N) is 1. The molecule has 4 nitrogen and oxygen atoms in total. The second-order valence-corrected chi connectivity index (χ2v) is 10.4. The second-order valence-electron chi connectivity index (χ2n) is 9.41. The van der Waals surface area contributed by atoms with Crippen LogP contribution in [0.15, 0.2) is 6.07 Å². The van der Waals surface area contributed by atoms with Crippen molar-refractivity contribution in [2.45, 2.75) is 78.2 Å². The van der Waals surface area contributed by atoms with E-state index in [2.05, 4.69) is 32.2 Å². The summed E-state index contributed by atoms with van der Waals surface area (Å²) >= 11 is 1.45. The number of hydrogen-bond donors (Lipinski definition) is 2. The summed E-state index contributed by atoms with van der Waals surface area (Å²) in [4.78, 5) is 19.2. The average Bonchev–Trinajstić information content (AvgIpc) is 2.95. The number of amides is 1. The highest BCUT2D eigenvalue weighted by molar-refractivity contribution is 7.21. The van der Waals surface area contributed by atoms with Crippen LogP contribution in [0.5, 0.6) is 0 Å². The van der Waals surface area contributed by atoms with E-state index in [0.717, 1.165) is 35.9 Å². The summed E-state index contributed by atoms with van der Waals surface area (Å²) in [5.74, 6) is 0.645. The number of thiophene rings is 1. The van der Waals surface area contributed by atoms with Gasteiger partial charge < -0.3 is 11.1 Å². The van der Waals surface area contributed by atoms with Crippen LogP contribution in [-0.4, -0.2) is 16.9 Å². The van der Waals surface area contributed by atoms with Gasteiger partial charge in [0.15, 0.2) is 0 Å². The third kappa shape index (κ3) is 3.71. The number of pyridine rings is 1. The van der Waals surface area contributed by atoms with E-state index in [1.165, 1.54) is 48.3 Å². The lowest BCUT2D eigenvalue weighted by Crippen LogP contribution is -2.36. The Morgan fingerprint density at radius 3 is 2.67 bits per heavy atom. The molecule has 146 valence electrons. The molecule has 0 bridgehead atoms. The summed E-state index contributed by atoms with van der Waals surface area (Å²) in [5.41, 5.74) is 9.83. The third-order valence-electron chi connectivity index (χ3n) is 6.46. The van der Waals surface area contributed by atoms with E-state index in [9.17, 15) is 4.79 Å². The zero-order valence-electron chi connectivity index (χ0n) is 16.7. The molecular weight excluding hydrogens is 354 g/mol. The fourth-order valence-corrected chi connectivity index (χ4v) is 5.60. The van der Waals surface area contributed by atoms with Gasteiger partial charge in [-0.05, 0) is 55.1 Å². The Kier molecular flexibility index (Phi) is 4.91. The van der Waals surface area contributed by atoms with Gasteiger partial charge in [-0.2, -0.15) is 0 Å². The number of nitrogen functional groups attached to an aromatic ring is 1. The summed E-state index contributed by atoms with van der Waals surface area (Å²) in [6.45, 7) is 6.96. The van der Waals surface area contributed by atoms with Gasteiger partial charge in [0.25, 0.3) is 5.91 Å². The molecule has 2 aromatic rings. The van der Waals surface area contributed by atoms with E-state index in [-0.39, 0.29) is 5.91 Å². The van der Waals surface area contributed by atoms with E-state index < -0.39 is 0 Å². The van der Waals surface area contributed by atoms with Crippen LogP contribution in [0.25, 0.3) is 10.2 Å². The summed E-state index contributed by atoms with van der Waals surface area (Å²) in [7, 11) is 0. The zero-order chi connectivity index (χ0) is 19.2. The second kappa shape index (κ2) is 7.08. The molecule has 0 aromatic carbocycles. The van der Waals surface area contributed by atoms with Gasteiger partial charge in [-0.1, -0.05) is 40.0 Å². The Morgan fingerprint density at radius 2 is 1.96 bits per heavy atom. The van der Waals surface area contributed by atoms with Crippen LogP contribution >= 0.6 is 11.3 Å². The summed E-state index contributed by atoms with van der Waals surface area (Å²) in [6, 6.07) is 2.50. The first kappa shape index (κ1) is 18.7. The van der Waals surface area contributed by atoms with Crippen molar-refractivity contribution in [3.05, 3.63) is 22.2 Å². The fourth-order valence-electron chi connectivity index (χ4n) is 4.60. The average molecular weight is 386 g/mol. The standard InChI is InChI=1S/C22H31N3OS/c1-22(2,3)14-9-10-17-13(11-14)12-16-18(23)19(27-21(16)25-17)20(26)24-15-7-5-4-6-8-15/h12,14-15H,4-11,23H2,1-3H3,(H,24,26). The third-order valence-corrected chi connectivity index (χ3v) is 7.57. The number of nitrogens with two attached hydrogens (primary N) is 1. The molecule has 0 saturated heterocycles. The normalized spacial score (nSPS) is 21.2. The highest BCUT2D eigenvalue weighted by atomic mass is 32.1. The molecule has 0 aliphatic heterocycles. The quantitative estimate of drug-likeness (QED) is 0.756. The predicted molar refractivity (Wildman–Crippen MR) is 113 cm³/mol. The molecule has 0 spiro atoms. The first-order chi connectivity index (χ1) is 12.8. The van der Waals surface area contributed by atoms with Crippen LogP contribution in [0.2, 0.25) is 0 Å². The molecule has 4 rings (SSSR count). The number of anilines is 1. The lowest BCUT2D eigenvalue weighted by Gasteiger charge is -2.34. The zero-order valence-corrected chi connectivity index (χ0v) is 17.5. The molecule has 1 unspecified atom stereocenters. The van der Waals surface area contributed by atoms with Gasteiger partial charge in [0.05, 0.1) is 5.69 Å². The van der Waals surface area contributed by atoms with Crippen molar-refractivity contribution in [3.63, 3.8) is 0 Å². The van der Waals surface area contributed by atoms with Crippen molar-refractivity contribution in [2.75, 3.05) is 5.73 Å². The number of carbonyl (C=O) groups is 1. The van der Waals surface area contributed by atoms with Gasteiger partial charge in [-0.25, -0.2) is 4.98 Å². The Morgan fingerprint density at radius 1 is 1.22 bits per heavy atom. The lowest BCUT2D eigenvalue weighted by atomic mass is 9.71. The van der Waals surface area contributed by atoms with Crippen molar-refractivity contribution in [1.82, 2.24) is 10.3 Å². The number of nitrogens with one attached hydrogen (secondary N) is 1. The minimum atomic E-state index is -0.0204. The lowest BCUT2D eigenvalue weighted by molar-refractivity contribution is 0.0932. The number of rotatable bonds is 2. The van der Waals surface area contributed by atoms with E-state index in [1.54, 1.807) is 0 Å². The Hall–Kier alpha value is -1.62. The Labute approximate surface area is 165 Å². The Balaban J connectivity index is 1.61. The molecule has 0 radical (unpaired) electrons.